The van der Waals surface area contributed by atoms with Crippen molar-refractivity contribution < 1.29 is 9.90 Å². The van der Waals surface area contributed by atoms with Gasteiger partial charge in [0.15, 0.2) is 0 Å². The van der Waals surface area contributed by atoms with Gasteiger partial charge in [-0.05, 0) is 56.4 Å². The third-order valence-corrected chi connectivity index (χ3v) is 4.79. The Morgan fingerprint density at radius 1 is 1.35 bits per heavy atom. The van der Waals surface area contributed by atoms with Gasteiger partial charge in [0, 0.05) is 6.42 Å². The second-order valence-electron chi connectivity index (χ2n) is 7.37. The van der Waals surface area contributed by atoms with Crippen LogP contribution in [0.1, 0.15) is 65.7 Å². The largest absolute Gasteiger partial charge is 0.394 e. The summed E-state index contributed by atoms with van der Waals surface area (Å²) in [6.45, 7) is 7.25. The number of hydrogen-bond donors (Lipinski definition) is 3. The molecule has 0 saturated heterocycles. The average Bonchev–Trinajstić information content (AvgIpc) is 2.40. The lowest BCUT2D eigenvalue weighted by Gasteiger charge is -2.39. The van der Waals surface area contributed by atoms with Crippen LogP contribution in [0.4, 0.5) is 0 Å². The number of carbonyl (C=O) groups excluding carboxylic acids is 1. The maximum absolute atomic E-state index is 12.2. The number of aliphatic hydroxyl groups is 1. The third kappa shape index (κ3) is 5.41. The van der Waals surface area contributed by atoms with E-state index in [1.54, 1.807) is 0 Å². The Kier molecular flexibility index (Phi) is 6.46. The van der Waals surface area contributed by atoms with E-state index in [4.69, 9.17) is 5.73 Å². The lowest BCUT2D eigenvalue weighted by atomic mass is 9.77. The lowest BCUT2D eigenvalue weighted by Crippen LogP contribution is -2.53. The Morgan fingerprint density at radius 2 is 1.95 bits per heavy atom. The van der Waals surface area contributed by atoms with E-state index in [1.165, 1.54) is 0 Å². The molecule has 0 aromatic rings. The predicted octanol–water partition coefficient (Wildman–Crippen LogP) is 2.20. The normalized spacial score (nSPS) is 27.4. The van der Waals surface area contributed by atoms with Crippen LogP contribution < -0.4 is 11.1 Å². The molecule has 1 fully saturated rings. The SMILES string of the molecule is CC1CCC(CO)(NC(=O)CCC(C)(C)CCN)CC1. The van der Waals surface area contributed by atoms with Crippen LogP contribution in [-0.4, -0.2) is 29.7 Å². The van der Waals surface area contributed by atoms with Crippen LogP contribution in [0.3, 0.4) is 0 Å². The molecule has 0 atom stereocenters. The third-order valence-electron chi connectivity index (χ3n) is 4.79. The number of hydrogen-bond acceptors (Lipinski definition) is 3. The molecule has 0 radical (unpaired) electrons. The molecule has 0 aromatic heterocycles. The number of nitrogens with one attached hydrogen (secondary N) is 1. The zero-order valence-corrected chi connectivity index (χ0v) is 13.4. The molecule has 0 heterocycles. The van der Waals surface area contributed by atoms with Gasteiger partial charge in [0.2, 0.25) is 5.91 Å². The first-order valence-electron chi connectivity index (χ1n) is 7.94. The van der Waals surface area contributed by atoms with Crippen molar-refractivity contribution in [1.82, 2.24) is 5.32 Å². The highest BCUT2D eigenvalue weighted by Gasteiger charge is 2.35. The lowest BCUT2D eigenvalue weighted by molar-refractivity contribution is -0.124. The summed E-state index contributed by atoms with van der Waals surface area (Å²) in [5.41, 5.74) is 5.33. The smallest absolute Gasteiger partial charge is 0.220 e. The van der Waals surface area contributed by atoms with Crippen LogP contribution in [0.15, 0.2) is 0 Å². The summed E-state index contributed by atoms with van der Waals surface area (Å²) in [5.74, 6) is 0.772. The zero-order chi connectivity index (χ0) is 15.2. The molecule has 4 heteroatoms. The molecule has 0 unspecified atom stereocenters. The summed E-state index contributed by atoms with van der Waals surface area (Å²) in [4.78, 5) is 12.2. The van der Waals surface area contributed by atoms with Crippen molar-refractivity contribution in [3.63, 3.8) is 0 Å². The maximum atomic E-state index is 12.2. The molecule has 20 heavy (non-hydrogen) atoms. The second-order valence-corrected chi connectivity index (χ2v) is 7.37. The van der Waals surface area contributed by atoms with Gasteiger partial charge in [-0.1, -0.05) is 20.8 Å². The number of nitrogens with two attached hydrogens (primary N) is 1. The summed E-state index contributed by atoms with van der Waals surface area (Å²) < 4.78 is 0. The molecule has 4 N–H and O–H groups in total. The fraction of sp³-hybridized carbons (Fsp3) is 0.938. The summed E-state index contributed by atoms with van der Waals surface area (Å²) >= 11 is 0. The minimum Gasteiger partial charge on any atom is -0.394 e. The highest BCUT2D eigenvalue weighted by atomic mass is 16.3. The molecule has 1 rings (SSSR count). The summed E-state index contributed by atoms with van der Waals surface area (Å²) in [5, 5.41) is 12.8. The maximum Gasteiger partial charge on any atom is 0.220 e. The first kappa shape index (κ1) is 17.4. The molecule has 118 valence electrons. The van der Waals surface area contributed by atoms with Crippen LogP contribution >= 0.6 is 0 Å². The highest BCUT2D eigenvalue weighted by Crippen LogP contribution is 2.32. The Hall–Kier alpha value is -0.610. The summed E-state index contributed by atoms with van der Waals surface area (Å²) in [6, 6.07) is 0. The minimum atomic E-state index is -0.373. The molecule has 1 amide bonds. The topological polar surface area (TPSA) is 75.3 Å². The van der Waals surface area contributed by atoms with Crippen LogP contribution in [0.2, 0.25) is 0 Å². The van der Waals surface area contributed by atoms with Gasteiger partial charge in [-0.3, -0.25) is 4.79 Å². The van der Waals surface area contributed by atoms with E-state index in [2.05, 4.69) is 26.1 Å². The standard InChI is InChI=1S/C16H32N2O2/c1-13-4-8-16(12-19,9-5-13)18-14(20)6-7-15(2,3)10-11-17/h13,19H,4-12,17H2,1-3H3,(H,18,20). The predicted molar refractivity (Wildman–Crippen MR) is 82.3 cm³/mol. The second kappa shape index (κ2) is 7.41. The van der Waals surface area contributed by atoms with Crippen molar-refractivity contribution in [3.8, 4) is 0 Å². The van der Waals surface area contributed by atoms with Crippen molar-refractivity contribution in [3.05, 3.63) is 0 Å². The Morgan fingerprint density at radius 3 is 2.45 bits per heavy atom. The van der Waals surface area contributed by atoms with E-state index >= 15 is 0 Å². The first-order chi connectivity index (χ1) is 9.32. The van der Waals surface area contributed by atoms with Crippen LogP contribution in [0.5, 0.6) is 0 Å². The quantitative estimate of drug-likeness (QED) is 0.671. The van der Waals surface area contributed by atoms with E-state index in [1.807, 2.05) is 0 Å². The van der Waals surface area contributed by atoms with E-state index in [0.29, 0.717) is 18.9 Å². The van der Waals surface area contributed by atoms with Gasteiger partial charge in [0.05, 0.1) is 12.1 Å². The van der Waals surface area contributed by atoms with Crippen molar-refractivity contribution in [1.29, 1.82) is 0 Å². The average molecular weight is 284 g/mol. The molecular formula is C16H32N2O2. The van der Waals surface area contributed by atoms with E-state index in [9.17, 15) is 9.90 Å². The number of amides is 1. The molecule has 0 bridgehead atoms. The minimum absolute atomic E-state index is 0.0532. The molecule has 0 aromatic carbocycles. The van der Waals surface area contributed by atoms with Crippen LogP contribution in [0.25, 0.3) is 0 Å². The van der Waals surface area contributed by atoms with Gasteiger partial charge in [-0.2, -0.15) is 0 Å². The van der Waals surface area contributed by atoms with Gasteiger partial charge in [-0.25, -0.2) is 0 Å². The molecule has 1 aliphatic carbocycles. The number of aliphatic hydroxyl groups excluding tert-OH is 1. The van der Waals surface area contributed by atoms with Crippen molar-refractivity contribution >= 4 is 5.91 Å². The Labute approximate surface area is 123 Å². The monoisotopic (exact) mass is 284 g/mol. The van der Waals surface area contributed by atoms with Crippen molar-refractivity contribution in [2.75, 3.05) is 13.2 Å². The van der Waals surface area contributed by atoms with Gasteiger partial charge in [-0.15, -0.1) is 0 Å². The fourth-order valence-electron chi connectivity index (χ4n) is 2.96. The number of rotatable bonds is 7. The van der Waals surface area contributed by atoms with E-state index in [-0.39, 0.29) is 23.5 Å². The van der Waals surface area contributed by atoms with Crippen LogP contribution in [0, 0.1) is 11.3 Å². The Bertz CT molecular complexity index is 308. The zero-order valence-electron chi connectivity index (χ0n) is 13.4. The summed E-state index contributed by atoms with van der Waals surface area (Å²) in [6.07, 6.45) is 6.24. The van der Waals surface area contributed by atoms with Gasteiger partial charge in [0.1, 0.15) is 0 Å². The molecular weight excluding hydrogens is 252 g/mol. The Balaban J connectivity index is 2.44. The summed E-state index contributed by atoms with van der Waals surface area (Å²) in [7, 11) is 0. The molecule has 0 aliphatic heterocycles. The van der Waals surface area contributed by atoms with Gasteiger partial charge in [0.25, 0.3) is 0 Å². The van der Waals surface area contributed by atoms with Crippen molar-refractivity contribution in [2.45, 2.75) is 71.3 Å². The van der Waals surface area contributed by atoms with Gasteiger partial charge >= 0.3 is 0 Å². The first-order valence-corrected chi connectivity index (χ1v) is 7.94. The molecule has 0 spiro atoms. The van der Waals surface area contributed by atoms with Crippen molar-refractivity contribution in [2.24, 2.45) is 17.1 Å². The van der Waals surface area contributed by atoms with E-state index < -0.39 is 0 Å². The highest BCUT2D eigenvalue weighted by molar-refractivity contribution is 5.76. The molecule has 1 saturated carbocycles. The fourth-order valence-corrected chi connectivity index (χ4v) is 2.96. The number of carbonyl (C=O) groups is 1. The van der Waals surface area contributed by atoms with Gasteiger partial charge < -0.3 is 16.2 Å². The van der Waals surface area contributed by atoms with E-state index in [0.717, 1.165) is 38.5 Å². The van der Waals surface area contributed by atoms with Crippen LogP contribution in [-0.2, 0) is 4.79 Å². The molecule has 1 aliphatic rings. The molecule has 4 nitrogen and oxygen atoms in total.